The maximum Gasteiger partial charge on any atom is 0.264 e. The van der Waals surface area contributed by atoms with E-state index < -0.39 is 39.9 Å². The van der Waals surface area contributed by atoms with Gasteiger partial charge in [-0.3, -0.25) is 13.9 Å². The third-order valence-electron chi connectivity index (χ3n) is 5.83. The molecular formula is C29H34FN3O4S. The molecular weight excluding hydrogens is 505 g/mol. The standard InChI is InChI=1S/C29H34FN3O4S/c1-21-10-9-11-23(18-21)19-32(22(2)28(35)31-29(3,4)5)27(34)20-33(25-12-7-6-8-13-25)38(36,37)26-16-14-24(30)15-17-26/h6-18,22H,19-20H2,1-5H3,(H,31,35)/t22-/m1/s1. The molecule has 0 unspecified atom stereocenters. The van der Waals surface area contributed by atoms with Crippen LogP contribution in [0.5, 0.6) is 0 Å². The predicted molar refractivity (Wildman–Crippen MR) is 146 cm³/mol. The second-order valence-electron chi connectivity index (χ2n) is 10.2. The van der Waals surface area contributed by atoms with Gasteiger partial charge < -0.3 is 10.2 Å². The van der Waals surface area contributed by atoms with E-state index in [9.17, 15) is 22.4 Å². The molecule has 0 aliphatic heterocycles. The average molecular weight is 540 g/mol. The highest BCUT2D eigenvalue weighted by Gasteiger charge is 2.33. The summed E-state index contributed by atoms with van der Waals surface area (Å²) in [4.78, 5) is 28.2. The van der Waals surface area contributed by atoms with Crippen molar-refractivity contribution in [3.05, 3.63) is 95.8 Å². The van der Waals surface area contributed by atoms with Gasteiger partial charge in [-0.1, -0.05) is 48.0 Å². The Bertz CT molecular complexity index is 1370. The zero-order chi connectivity index (χ0) is 28.1. The van der Waals surface area contributed by atoms with Crippen LogP contribution in [0.25, 0.3) is 0 Å². The number of sulfonamides is 1. The number of anilines is 1. The molecule has 0 spiro atoms. The third-order valence-corrected chi connectivity index (χ3v) is 7.61. The normalized spacial score (nSPS) is 12.5. The van der Waals surface area contributed by atoms with Crippen LogP contribution < -0.4 is 9.62 Å². The fourth-order valence-electron chi connectivity index (χ4n) is 3.92. The molecule has 0 aromatic heterocycles. The lowest BCUT2D eigenvalue weighted by Gasteiger charge is -2.33. The Morgan fingerprint density at radius 2 is 1.58 bits per heavy atom. The highest BCUT2D eigenvalue weighted by atomic mass is 32.2. The fourth-order valence-corrected chi connectivity index (χ4v) is 5.33. The molecule has 0 bridgehead atoms. The Labute approximate surface area is 224 Å². The minimum absolute atomic E-state index is 0.110. The van der Waals surface area contributed by atoms with Crippen LogP contribution in [0.15, 0.2) is 83.8 Å². The summed E-state index contributed by atoms with van der Waals surface area (Å²) in [6, 6.07) is 19.3. The maximum absolute atomic E-state index is 13.8. The molecule has 0 aliphatic carbocycles. The first kappa shape index (κ1) is 28.8. The molecule has 38 heavy (non-hydrogen) atoms. The van der Waals surface area contributed by atoms with Gasteiger partial charge in [0.15, 0.2) is 0 Å². The van der Waals surface area contributed by atoms with E-state index in [2.05, 4.69) is 5.32 Å². The van der Waals surface area contributed by atoms with Crippen molar-refractivity contribution in [1.82, 2.24) is 10.2 Å². The number of carbonyl (C=O) groups excluding carboxylic acids is 2. The zero-order valence-corrected chi connectivity index (χ0v) is 23.1. The molecule has 0 heterocycles. The van der Waals surface area contributed by atoms with Gasteiger partial charge in [-0.05, 0) is 76.6 Å². The van der Waals surface area contributed by atoms with Gasteiger partial charge in [-0.15, -0.1) is 0 Å². The lowest BCUT2D eigenvalue weighted by atomic mass is 10.1. The number of hydrogen-bond donors (Lipinski definition) is 1. The largest absolute Gasteiger partial charge is 0.350 e. The number of benzene rings is 3. The van der Waals surface area contributed by atoms with Gasteiger partial charge in [-0.25, -0.2) is 12.8 Å². The third kappa shape index (κ3) is 7.41. The number of nitrogens with zero attached hydrogens (tertiary/aromatic N) is 2. The second kappa shape index (κ2) is 11.8. The Kier molecular flexibility index (Phi) is 8.93. The van der Waals surface area contributed by atoms with E-state index in [-0.39, 0.29) is 23.0 Å². The van der Waals surface area contributed by atoms with Gasteiger partial charge in [0.2, 0.25) is 11.8 Å². The molecule has 1 N–H and O–H groups in total. The van der Waals surface area contributed by atoms with Crippen molar-refractivity contribution in [2.45, 2.75) is 57.6 Å². The van der Waals surface area contributed by atoms with Crippen molar-refractivity contribution in [1.29, 1.82) is 0 Å². The van der Waals surface area contributed by atoms with E-state index in [4.69, 9.17) is 0 Å². The van der Waals surface area contributed by atoms with Crippen LogP contribution in [0.3, 0.4) is 0 Å². The van der Waals surface area contributed by atoms with Crippen molar-refractivity contribution in [2.75, 3.05) is 10.8 Å². The zero-order valence-electron chi connectivity index (χ0n) is 22.3. The summed E-state index contributed by atoms with van der Waals surface area (Å²) in [6.45, 7) is 8.64. The van der Waals surface area contributed by atoms with Crippen molar-refractivity contribution < 1.29 is 22.4 Å². The topological polar surface area (TPSA) is 86.8 Å². The summed E-state index contributed by atoms with van der Waals surface area (Å²) in [5.41, 5.74) is 1.55. The lowest BCUT2D eigenvalue weighted by molar-refractivity contribution is -0.140. The Morgan fingerprint density at radius 1 is 0.947 bits per heavy atom. The molecule has 3 aromatic rings. The molecule has 3 rings (SSSR count). The van der Waals surface area contributed by atoms with E-state index in [0.29, 0.717) is 0 Å². The Morgan fingerprint density at radius 3 is 2.16 bits per heavy atom. The summed E-state index contributed by atoms with van der Waals surface area (Å²) in [5, 5.41) is 2.90. The van der Waals surface area contributed by atoms with Crippen molar-refractivity contribution >= 4 is 27.5 Å². The van der Waals surface area contributed by atoms with Crippen LogP contribution in [0.2, 0.25) is 0 Å². The van der Waals surface area contributed by atoms with Crippen LogP contribution >= 0.6 is 0 Å². The quantitative estimate of drug-likeness (QED) is 0.429. The number of para-hydroxylation sites is 1. The highest BCUT2D eigenvalue weighted by Crippen LogP contribution is 2.24. The first-order valence-corrected chi connectivity index (χ1v) is 13.7. The van der Waals surface area contributed by atoms with Crippen LogP contribution in [-0.4, -0.2) is 43.3 Å². The van der Waals surface area contributed by atoms with Crippen molar-refractivity contribution in [2.24, 2.45) is 0 Å². The fraction of sp³-hybridized carbons (Fsp3) is 0.310. The SMILES string of the molecule is Cc1cccc(CN(C(=O)CN(c2ccccc2)S(=O)(=O)c2ccc(F)cc2)[C@H](C)C(=O)NC(C)(C)C)c1. The highest BCUT2D eigenvalue weighted by molar-refractivity contribution is 7.92. The van der Waals surface area contributed by atoms with Gasteiger partial charge in [0.25, 0.3) is 10.0 Å². The lowest BCUT2D eigenvalue weighted by Crippen LogP contribution is -2.54. The number of nitrogens with one attached hydrogen (secondary N) is 1. The summed E-state index contributed by atoms with van der Waals surface area (Å²) < 4.78 is 41.8. The number of amides is 2. The summed E-state index contributed by atoms with van der Waals surface area (Å²) in [7, 11) is -4.24. The van der Waals surface area contributed by atoms with Crippen LogP contribution in [0, 0.1) is 12.7 Å². The van der Waals surface area contributed by atoms with Gasteiger partial charge in [0.1, 0.15) is 18.4 Å². The molecule has 9 heteroatoms. The summed E-state index contributed by atoms with van der Waals surface area (Å²) in [5.74, 6) is -1.49. The number of rotatable bonds is 9. The van der Waals surface area contributed by atoms with Crippen LogP contribution in [0.4, 0.5) is 10.1 Å². The van der Waals surface area contributed by atoms with Crippen LogP contribution in [0.1, 0.15) is 38.8 Å². The molecule has 1 atom stereocenters. The molecule has 2 amide bonds. The molecule has 202 valence electrons. The molecule has 3 aromatic carbocycles. The van der Waals surface area contributed by atoms with Gasteiger partial charge in [-0.2, -0.15) is 0 Å². The van der Waals surface area contributed by atoms with Gasteiger partial charge in [0, 0.05) is 12.1 Å². The molecule has 0 radical (unpaired) electrons. The molecule has 0 saturated carbocycles. The van der Waals surface area contributed by atoms with E-state index in [1.54, 1.807) is 37.3 Å². The molecule has 0 fully saturated rings. The summed E-state index contributed by atoms with van der Waals surface area (Å²) in [6.07, 6.45) is 0. The van der Waals surface area contributed by atoms with Crippen LogP contribution in [-0.2, 0) is 26.2 Å². The van der Waals surface area contributed by atoms with Gasteiger partial charge >= 0.3 is 0 Å². The monoisotopic (exact) mass is 539 g/mol. The van der Waals surface area contributed by atoms with Crippen molar-refractivity contribution in [3.8, 4) is 0 Å². The first-order chi connectivity index (χ1) is 17.8. The minimum Gasteiger partial charge on any atom is -0.350 e. The summed E-state index contributed by atoms with van der Waals surface area (Å²) >= 11 is 0. The van der Waals surface area contributed by atoms with E-state index >= 15 is 0 Å². The number of aryl methyl sites for hydroxylation is 1. The number of carbonyl (C=O) groups is 2. The average Bonchev–Trinajstić information content (AvgIpc) is 2.85. The number of hydrogen-bond acceptors (Lipinski definition) is 4. The predicted octanol–water partition coefficient (Wildman–Crippen LogP) is 4.66. The van der Waals surface area contributed by atoms with Gasteiger partial charge in [0.05, 0.1) is 10.6 Å². The van der Waals surface area contributed by atoms with E-state index in [0.717, 1.165) is 39.7 Å². The maximum atomic E-state index is 13.8. The Hall–Kier alpha value is -3.72. The molecule has 7 nitrogen and oxygen atoms in total. The van der Waals surface area contributed by atoms with E-state index in [1.807, 2.05) is 52.0 Å². The smallest absolute Gasteiger partial charge is 0.264 e. The minimum atomic E-state index is -4.24. The molecule has 0 saturated heterocycles. The van der Waals surface area contributed by atoms with Crippen molar-refractivity contribution in [3.63, 3.8) is 0 Å². The Balaban J connectivity index is 2.01. The van der Waals surface area contributed by atoms with E-state index in [1.165, 1.54) is 4.90 Å². The molecule has 0 aliphatic rings. The second-order valence-corrected chi connectivity index (χ2v) is 12.1. The first-order valence-electron chi connectivity index (χ1n) is 12.3. The number of halogens is 1.